The van der Waals surface area contributed by atoms with Gasteiger partial charge in [0, 0.05) is 10.5 Å². The third-order valence-corrected chi connectivity index (χ3v) is 2.25. The van der Waals surface area contributed by atoms with Crippen LogP contribution in [0.4, 0.5) is 0 Å². The van der Waals surface area contributed by atoms with Crippen molar-refractivity contribution in [3.63, 3.8) is 0 Å². The van der Waals surface area contributed by atoms with E-state index in [0.717, 1.165) is 16.5 Å². The number of hydrogen-bond donors (Lipinski definition) is 2. The summed E-state index contributed by atoms with van der Waals surface area (Å²) in [6, 6.07) is 8.08. The highest BCUT2D eigenvalue weighted by Crippen LogP contribution is 2.17. The van der Waals surface area contributed by atoms with Gasteiger partial charge in [0.05, 0.1) is 0 Å². The third-order valence-electron chi connectivity index (χ3n) is 1.75. The van der Waals surface area contributed by atoms with E-state index in [4.69, 9.17) is 11.5 Å². The third kappa shape index (κ3) is 2.59. The second kappa shape index (κ2) is 4.60. The fraction of sp³-hybridized carbons (Fsp3) is 0.333. The van der Waals surface area contributed by atoms with Crippen LogP contribution in [0.2, 0.25) is 0 Å². The average molecular weight is 229 g/mol. The van der Waals surface area contributed by atoms with Gasteiger partial charge in [0.2, 0.25) is 0 Å². The SMILES string of the molecule is NCCC(N)c1cccc(Br)c1. The van der Waals surface area contributed by atoms with Crippen molar-refractivity contribution in [3.8, 4) is 0 Å². The molecule has 66 valence electrons. The summed E-state index contributed by atoms with van der Waals surface area (Å²) < 4.78 is 1.06. The monoisotopic (exact) mass is 228 g/mol. The Bertz CT molecular complexity index is 250. The van der Waals surface area contributed by atoms with E-state index in [2.05, 4.69) is 15.9 Å². The fourth-order valence-corrected chi connectivity index (χ4v) is 1.50. The largest absolute Gasteiger partial charge is 0.330 e. The van der Waals surface area contributed by atoms with Crippen molar-refractivity contribution < 1.29 is 0 Å². The minimum Gasteiger partial charge on any atom is -0.330 e. The first-order valence-corrected chi connectivity index (χ1v) is 4.74. The molecule has 0 saturated carbocycles. The molecule has 0 amide bonds. The molecule has 0 aliphatic rings. The van der Waals surface area contributed by atoms with Gasteiger partial charge in [-0.3, -0.25) is 0 Å². The van der Waals surface area contributed by atoms with Crippen LogP contribution in [0, 0.1) is 0 Å². The first-order chi connectivity index (χ1) is 5.74. The van der Waals surface area contributed by atoms with Crippen molar-refractivity contribution in [2.75, 3.05) is 6.54 Å². The first-order valence-electron chi connectivity index (χ1n) is 3.95. The highest BCUT2D eigenvalue weighted by atomic mass is 79.9. The maximum atomic E-state index is 5.87. The summed E-state index contributed by atoms with van der Waals surface area (Å²) in [4.78, 5) is 0. The Morgan fingerprint density at radius 3 is 2.75 bits per heavy atom. The molecule has 0 bridgehead atoms. The Kier molecular flexibility index (Phi) is 3.72. The quantitative estimate of drug-likeness (QED) is 0.830. The zero-order valence-electron chi connectivity index (χ0n) is 6.83. The smallest absolute Gasteiger partial charge is 0.0307 e. The Morgan fingerprint density at radius 1 is 1.42 bits per heavy atom. The number of nitrogens with two attached hydrogens (primary N) is 2. The molecule has 1 rings (SSSR count). The molecular formula is C9H13BrN2. The molecule has 4 N–H and O–H groups in total. The standard InChI is InChI=1S/C9H13BrN2/c10-8-3-1-2-7(6-8)9(12)4-5-11/h1-3,6,9H,4-5,11-12H2. The van der Waals surface area contributed by atoms with Crippen LogP contribution < -0.4 is 11.5 Å². The van der Waals surface area contributed by atoms with Gasteiger partial charge in [-0.15, -0.1) is 0 Å². The van der Waals surface area contributed by atoms with E-state index in [1.807, 2.05) is 24.3 Å². The summed E-state index contributed by atoms with van der Waals surface area (Å²) >= 11 is 3.39. The number of hydrogen-bond acceptors (Lipinski definition) is 2. The Labute approximate surface area is 81.1 Å². The summed E-state index contributed by atoms with van der Waals surface area (Å²) in [5.74, 6) is 0. The van der Waals surface area contributed by atoms with Gasteiger partial charge in [-0.25, -0.2) is 0 Å². The lowest BCUT2D eigenvalue weighted by Gasteiger charge is -2.10. The number of benzene rings is 1. The van der Waals surface area contributed by atoms with Crippen LogP contribution in [0.1, 0.15) is 18.0 Å². The van der Waals surface area contributed by atoms with Gasteiger partial charge in [-0.1, -0.05) is 28.1 Å². The maximum absolute atomic E-state index is 5.87. The molecule has 1 aromatic carbocycles. The predicted molar refractivity (Wildman–Crippen MR) is 54.7 cm³/mol. The summed E-state index contributed by atoms with van der Waals surface area (Å²) in [7, 11) is 0. The van der Waals surface area contributed by atoms with Crippen molar-refractivity contribution >= 4 is 15.9 Å². The second-order valence-electron chi connectivity index (χ2n) is 2.74. The fourth-order valence-electron chi connectivity index (χ4n) is 1.08. The lowest BCUT2D eigenvalue weighted by molar-refractivity contribution is 0.661. The van der Waals surface area contributed by atoms with Crippen molar-refractivity contribution in [1.82, 2.24) is 0 Å². The van der Waals surface area contributed by atoms with Crippen LogP contribution in [0.25, 0.3) is 0 Å². The Balaban J connectivity index is 2.73. The molecule has 0 spiro atoms. The van der Waals surface area contributed by atoms with Gasteiger partial charge < -0.3 is 11.5 Å². The van der Waals surface area contributed by atoms with Crippen LogP contribution in [0.15, 0.2) is 28.7 Å². The number of rotatable bonds is 3. The van der Waals surface area contributed by atoms with Gasteiger partial charge in [0.25, 0.3) is 0 Å². The van der Waals surface area contributed by atoms with Crippen molar-refractivity contribution in [2.45, 2.75) is 12.5 Å². The van der Waals surface area contributed by atoms with Gasteiger partial charge in [0.1, 0.15) is 0 Å². The molecule has 12 heavy (non-hydrogen) atoms. The zero-order chi connectivity index (χ0) is 8.97. The normalized spacial score (nSPS) is 12.9. The zero-order valence-corrected chi connectivity index (χ0v) is 8.42. The minimum absolute atomic E-state index is 0.0625. The first kappa shape index (κ1) is 9.71. The van der Waals surface area contributed by atoms with E-state index >= 15 is 0 Å². The second-order valence-corrected chi connectivity index (χ2v) is 3.65. The Morgan fingerprint density at radius 2 is 2.17 bits per heavy atom. The summed E-state index contributed by atoms with van der Waals surface area (Å²) in [6.45, 7) is 0.633. The van der Waals surface area contributed by atoms with Gasteiger partial charge in [-0.2, -0.15) is 0 Å². The topological polar surface area (TPSA) is 52.0 Å². The molecule has 0 aliphatic heterocycles. The summed E-state index contributed by atoms with van der Waals surface area (Å²) in [5, 5.41) is 0. The van der Waals surface area contributed by atoms with E-state index in [1.165, 1.54) is 0 Å². The lowest BCUT2D eigenvalue weighted by Crippen LogP contribution is -2.15. The molecule has 0 saturated heterocycles. The highest BCUT2D eigenvalue weighted by Gasteiger charge is 2.03. The van der Waals surface area contributed by atoms with Crippen LogP contribution in [0.3, 0.4) is 0 Å². The lowest BCUT2D eigenvalue weighted by atomic mass is 10.1. The molecule has 2 nitrogen and oxygen atoms in total. The van der Waals surface area contributed by atoms with Crippen LogP contribution in [-0.4, -0.2) is 6.54 Å². The molecule has 1 unspecified atom stereocenters. The summed E-state index contributed by atoms with van der Waals surface area (Å²) in [5.41, 5.74) is 12.4. The molecule has 0 aromatic heterocycles. The van der Waals surface area contributed by atoms with Crippen LogP contribution in [0.5, 0.6) is 0 Å². The van der Waals surface area contributed by atoms with Crippen molar-refractivity contribution in [2.24, 2.45) is 11.5 Å². The van der Waals surface area contributed by atoms with E-state index in [1.54, 1.807) is 0 Å². The predicted octanol–water partition coefficient (Wildman–Crippen LogP) is 1.80. The van der Waals surface area contributed by atoms with Crippen molar-refractivity contribution in [3.05, 3.63) is 34.3 Å². The van der Waals surface area contributed by atoms with E-state index in [9.17, 15) is 0 Å². The molecular weight excluding hydrogens is 216 g/mol. The molecule has 0 fully saturated rings. The summed E-state index contributed by atoms with van der Waals surface area (Å²) in [6.07, 6.45) is 0.830. The molecule has 1 aromatic rings. The highest BCUT2D eigenvalue weighted by molar-refractivity contribution is 9.10. The molecule has 3 heteroatoms. The van der Waals surface area contributed by atoms with Gasteiger partial charge in [0.15, 0.2) is 0 Å². The molecule has 0 aliphatic carbocycles. The van der Waals surface area contributed by atoms with E-state index < -0.39 is 0 Å². The maximum Gasteiger partial charge on any atom is 0.0307 e. The molecule has 1 atom stereocenters. The number of halogens is 1. The van der Waals surface area contributed by atoms with Gasteiger partial charge in [-0.05, 0) is 30.7 Å². The van der Waals surface area contributed by atoms with Crippen LogP contribution >= 0.6 is 15.9 Å². The van der Waals surface area contributed by atoms with Crippen molar-refractivity contribution in [1.29, 1.82) is 0 Å². The molecule has 0 radical (unpaired) electrons. The molecule has 0 heterocycles. The average Bonchev–Trinajstić information content (AvgIpc) is 2.05. The van der Waals surface area contributed by atoms with Crippen LogP contribution in [-0.2, 0) is 0 Å². The van der Waals surface area contributed by atoms with E-state index in [-0.39, 0.29) is 6.04 Å². The van der Waals surface area contributed by atoms with E-state index in [0.29, 0.717) is 6.54 Å². The Hall–Kier alpha value is -0.380. The van der Waals surface area contributed by atoms with Gasteiger partial charge >= 0.3 is 0 Å². The minimum atomic E-state index is 0.0625.